The molecule has 0 unspecified atom stereocenters. The van der Waals surface area contributed by atoms with Crippen LogP contribution in [0.25, 0.3) is 0 Å². The first kappa shape index (κ1) is 24.1. The molecule has 2 rings (SSSR count). The van der Waals surface area contributed by atoms with Gasteiger partial charge in [-0.25, -0.2) is 0 Å². The van der Waals surface area contributed by atoms with Crippen molar-refractivity contribution < 1.29 is 17.9 Å². The van der Waals surface area contributed by atoms with E-state index < -0.39 is 11.7 Å². The average Bonchev–Trinajstić information content (AvgIpc) is 2.52. The van der Waals surface area contributed by atoms with E-state index in [1.807, 2.05) is 6.92 Å². The lowest BCUT2D eigenvalue weighted by Gasteiger charge is -2.36. The molecule has 1 fully saturated rings. The van der Waals surface area contributed by atoms with Crippen LogP contribution in [0.15, 0.2) is 30.4 Å². The van der Waals surface area contributed by atoms with Crippen LogP contribution in [-0.4, -0.2) is 38.2 Å². The van der Waals surface area contributed by atoms with Gasteiger partial charge in [0.05, 0.1) is 12.7 Å². The Kier molecular flexibility index (Phi) is 9.87. The predicted octanol–water partition coefficient (Wildman–Crippen LogP) is 4.47. The van der Waals surface area contributed by atoms with E-state index >= 15 is 0 Å². The van der Waals surface area contributed by atoms with Crippen molar-refractivity contribution in [3.63, 3.8) is 0 Å². The number of nitrogens with zero attached hydrogens (tertiary/aromatic N) is 1. The maximum absolute atomic E-state index is 12.9. The van der Waals surface area contributed by atoms with E-state index in [1.165, 1.54) is 13.2 Å². The van der Waals surface area contributed by atoms with Crippen molar-refractivity contribution in [2.45, 2.75) is 25.6 Å². The summed E-state index contributed by atoms with van der Waals surface area (Å²) in [6.07, 6.45) is -3.67. The standard InChI is InChI=1S/C17H23F3N2O.2ClH/c1-12(2)10-15(22-8-6-21-7-9-22)14-5-4-13(17(18,19)20)11-16(14)23-3;;/h4-5,11,15,21H,1,6-10H2,2-3H3;2*1H/t15-;;/m0../s1. The first-order chi connectivity index (χ1) is 10.8. The third-order valence-corrected chi connectivity index (χ3v) is 4.05. The van der Waals surface area contributed by atoms with Gasteiger partial charge in [-0.15, -0.1) is 31.4 Å². The number of ether oxygens (including phenoxy) is 1. The topological polar surface area (TPSA) is 24.5 Å². The molecule has 1 aromatic carbocycles. The Morgan fingerprint density at radius 1 is 1.28 bits per heavy atom. The number of benzene rings is 1. The van der Waals surface area contributed by atoms with Crippen molar-refractivity contribution in [1.82, 2.24) is 10.2 Å². The minimum atomic E-state index is -4.37. The fraction of sp³-hybridized carbons (Fsp3) is 0.529. The highest BCUT2D eigenvalue weighted by atomic mass is 35.5. The molecular weight excluding hydrogens is 376 g/mol. The summed E-state index contributed by atoms with van der Waals surface area (Å²) in [5, 5.41) is 3.29. The summed E-state index contributed by atoms with van der Waals surface area (Å²) >= 11 is 0. The van der Waals surface area contributed by atoms with Gasteiger partial charge in [0.25, 0.3) is 0 Å². The molecule has 1 aliphatic rings. The Morgan fingerprint density at radius 2 is 1.88 bits per heavy atom. The number of rotatable bonds is 5. The molecule has 0 saturated carbocycles. The Labute approximate surface area is 159 Å². The molecule has 1 N–H and O–H groups in total. The Balaban J connectivity index is 0.00000288. The summed E-state index contributed by atoms with van der Waals surface area (Å²) in [7, 11) is 1.41. The number of piperazine rings is 1. The lowest BCUT2D eigenvalue weighted by Crippen LogP contribution is -2.45. The summed E-state index contributed by atoms with van der Waals surface area (Å²) in [5.41, 5.74) is 1.09. The van der Waals surface area contributed by atoms with Gasteiger partial charge < -0.3 is 10.1 Å². The Bertz CT molecular complexity index is 561. The average molecular weight is 401 g/mol. The predicted molar refractivity (Wildman–Crippen MR) is 99.1 cm³/mol. The van der Waals surface area contributed by atoms with Crippen LogP contribution in [0.2, 0.25) is 0 Å². The quantitative estimate of drug-likeness (QED) is 0.737. The lowest BCUT2D eigenvalue weighted by atomic mass is 9.95. The molecule has 1 atom stereocenters. The van der Waals surface area contributed by atoms with Crippen LogP contribution in [0.5, 0.6) is 5.75 Å². The summed E-state index contributed by atoms with van der Waals surface area (Å²) in [6.45, 7) is 9.34. The minimum absolute atomic E-state index is 0. The summed E-state index contributed by atoms with van der Waals surface area (Å²) in [4.78, 5) is 2.27. The van der Waals surface area contributed by atoms with E-state index in [2.05, 4.69) is 16.8 Å². The van der Waals surface area contributed by atoms with E-state index in [0.29, 0.717) is 6.42 Å². The van der Waals surface area contributed by atoms with Gasteiger partial charge in [-0.3, -0.25) is 4.90 Å². The van der Waals surface area contributed by atoms with Gasteiger partial charge in [0.2, 0.25) is 0 Å². The van der Waals surface area contributed by atoms with Crippen molar-refractivity contribution in [1.29, 1.82) is 0 Å². The summed E-state index contributed by atoms with van der Waals surface area (Å²) in [5.74, 6) is 0.282. The van der Waals surface area contributed by atoms with E-state index in [0.717, 1.165) is 49.4 Å². The summed E-state index contributed by atoms with van der Waals surface area (Å²) in [6, 6.07) is 3.73. The molecule has 1 aliphatic heterocycles. The fourth-order valence-corrected chi connectivity index (χ4v) is 2.92. The number of hydrogen-bond donors (Lipinski definition) is 1. The molecule has 144 valence electrons. The highest BCUT2D eigenvalue weighted by molar-refractivity contribution is 5.85. The zero-order valence-corrected chi connectivity index (χ0v) is 16.0. The second-order valence-electron chi connectivity index (χ2n) is 5.92. The summed E-state index contributed by atoms with van der Waals surface area (Å²) < 4.78 is 44.0. The van der Waals surface area contributed by atoms with Crippen molar-refractivity contribution in [3.8, 4) is 5.75 Å². The Morgan fingerprint density at radius 3 is 2.36 bits per heavy atom. The van der Waals surface area contributed by atoms with Crippen LogP contribution in [0, 0.1) is 0 Å². The normalized spacial score (nSPS) is 16.4. The lowest BCUT2D eigenvalue weighted by molar-refractivity contribution is -0.137. The third kappa shape index (κ3) is 6.37. The molecule has 25 heavy (non-hydrogen) atoms. The van der Waals surface area contributed by atoms with Crippen LogP contribution < -0.4 is 10.1 Å². The Hall–Kier alpha value is -0.950. The number of nitrogens with one attached hydrogen (secondary N) is 1. The van der Waals surface area contributed by atoms with Gasteiger partial charge in [0.1, 0.15) is 5.75 Å². The molecule has 0 amide bonds. The van der Waals surface area contributed by atoms with Crippen LogP contribution in [0.4, 0.5) is 13.2 Å². The molecule has 0 spiro atoms. The maximum atomic E-state index is 12.9. The van der Waals surface area contributed by atoms with Crippen LogP contribution in [0.1, 0.15) is 30.5 Å². The molecule has 0 radical (unpaired) electrons. The smallest absolute Gasteiger partial charge is 0.416 e. The molecule has 1 saturated heterocycles. The molecule has 1 aromatic rings. The molecule has 3 nitrogen and oxygen atoms in total. The molecule has 0 aliphatic carbocycles. The highest BCUT2D eigenvalue weighted by Gasteiger charge is 2.33. The van der Waals surface area contributed by atoms with Gasteiger partial charge in [-0.2, -0.15) is 13.2 Å². The maximum Gasteiger partial charge on any atom is 0.416 e. The number of methoxy groups -OCH3 is 1. The van der Waals surface area contributed by atoms with Crippen LogP contribution in [-0.2, 0) is 6.18 Å². The van der Waals surface area contributed by atoms with Gasteiger partial charge in [0, 0.05) is 37.8 Å². The van der Waals surface area contributed by atoms with Crippen LogP contribution in [0.3, 0.4) is 0 Å². The van der Waals surface area contributed by atoms with Gasteiger partial charge >= 0.3 is 6.18 Å². The van der Waals surface area contributed by atoms with Crippen LogP contribution >= 0.6 is 24.8 Å². The van der Waals surface area contributed by atoms with E-state index in [9.17, 15) is 13.2 Å². The number of hydrogen-bond acceptors (Lipinski definition) is 3. The first-order valence-electron chi connectivity index (χ1n) is 7.67. The number of halogens is 5. The molecular formula is C17H25Cl2F3N2O. The molecule has 8 heteroatoms. The zero-order chi connectivity index (χ0) is 17.0. The third-order valence-electron chi connectivity index (χ3n) is 4.05. The monoisotopic (exact) mass is 400 g/mol. The van der Waals surface area contributed by atoms with Crippen molar-refractivity contribution in [2.75, 3.05) is 33.3 Å². The van der Waals surface area contributed by atoms with Crippen molar-refractivity contribution in [2.24, 2.45) is 0 Å². The zero-order valence-electron chi connectivity index (χ0n) is 14.4. The van der Waals surface area contributed by atoms with Gasteiger partial charge in [-0.1, -0.05) is 11.6 Å². The SMILES string of the molecule is C=C(C)C[C@@H](c1ccc(C(F)(F)F)cc1OC)N1CCNCC1.Cl.Cl. The second kappa shape index (κ2) is 10.3. The van der Waals surface area contributed by atoms with E-state index in [-0.39, 0.29) is 36.6 Å². The first-order valence-corrected chi connectivity index (χ1v) is 7.67. The highest BCUT2D eigenvalue weighted by Crippen LogP contribution is 2.38. The van der Waals surface area contributed by atoms with Crippen molar-refractivity contribution in [3.05, 3.63) is 41.5 Å². The van der Waals surface area contributed by atoms with E-state index in [4.69, 9.17) is 4.74 Å². The largest absolute Gasteiger partial charge is 0.496 e. The minimum Gasteiger partial charge on any atom is -0.496 e. The number of alkyl halides is 3. The van der Waals surface area contributed by atoms with Gasteiger partial charge in [-0.05, 0) is 25.5 Å². The molecule has 1 heterocycles. The van der Waals surface area contributed by atoms with Gasteiger partial charge in [0.15, 0.2) is 0 Å². The second-order valence-corrected chi connectivity index (χ2v) is 5.92. The van der Waals surface area contributed by atoms with Crippen molar-refractivity contribution >= 4 is 24.8 Å². The fourth-order valence-electron chi connectivity index (χ4n) is 2.92. The van der Waals surface area contributed by atoms with E-state index in [1.54, 1.807) is 0 Å². The molecule has 0 bridgehead atoms. The molecule has 0 aromatic heterocycles.